The van der Waals surface area contributed by atoms with Crippen molar-refractivity contribution in [2.75, 3.05) is 31.7 Å². The van der Waals surface area contributed by atoms with E-state index >= 15 is 0 Å². The summed E-state index contributed by atoms with van der Waals surface area (Å²) in [4.78, 5) is 23.4. The molecule has 1 aliphatic rings. The van der Waals surface area contributed by atoms with Crippen molar-refractivity contribution in [2.45, 2.75) is 19.9 Å². The summed E-state index contributed by atoms with van der Waals surface area (Å²) >= 11 is 0. The standard InChI is InChI=1S/C17H22N4O3/c1-3-20-10-15(13-6-14(24-2)8-18-7-13)19-16(17(20)23)21-5-4-12(9-21)11-22/h6-8,10,12,22H,3-5,9,11H2,1-2H3/t12-/m1/s1. The van der Waals surface area contributed by atoms with Gasteiger partial charge in [-0.05, 0) is 19.4 Å². The van der Waals surface area contributed by atoms with Crippen LogP contribution in [0.4, 0.5) is 5.82 Å². The molecule has 0 aromatic carbocycles. The summed E-state index contributed by atoms with van der Waals surface area (Å²) in [6.45, 7) is 4.02. The summed E-state index contributed by atoms with van der Waals surface area (Å²) in [5.74, 6) is 1.28. The number of pyridine rings is 1. The van der Waals surface area contributed by atoms with Crippen molar-refractivity contribution < 1.29 is 9.84 Å². The summed E-state index contributed by atoms with van der Waals surface area (Å²) in [6.07, 6.45) is 5.96. The van der Waals surface area contributed by atoms with E-state index in [1.54, 1.807) is 30.3 Å². The molecule has 2 aromatic heterocycles. The van der Waals surface area contributed by atoms with Crippen LogP contribution in [0.2, 0.25) is 0 Å². The number of aryl methyl sites for hydroxylation is 1. The lowest BCUT2D eigenvalue weighted by atomic mass is 10.1. The zero-order chi connectivity index (χ0) is 17.1. The Hall–Kier alpha value is -2.41. The first-order valence-corrected chi connectivity index (χ1v) is 8.13. The number of aromatic nitrogens is 3. The lowest BCUT2D eigenvalue weighted by Crippen LogP contribution is -2.32. The van der Waals surface area contributed by atoms with E-state index in [4.69, 9.17) is 4.74 Å². The SMILES string of the molecule is CCn1cc(-c2cncc(OC)c2)nc(N2CC[C@@H](CO)C2)c1=O. The van der Waals surface area contributed by atoms with E-state index in [-0.39, 0.29) is 18.1 Å². The second-order valence-electron chi connectivity index (χ2n) is 5.94. The molecule has 0 spiro atoms. The summed E-state index contributed by atoms with van der Waals surface area (Å²) in [6, 6.07) is 1.85. The molecule has 0 bridgehead atoms. The molecule has 0 radical (unpaired) electrons. The highest BCUT2D eigenvalue weighted by molar-refractivity contribution is 5.61. The average Bonchev–Trinajstić information content (AvgIpc) is 3.11. The van der Waals surface area contributed by atoms with Crippen LogP contribution in [-0.4, -0.2) is 46.4 Å². The van der Waals surface area contributed by atoms with Gasteiger partial charge in [0.25, 0.3) is 5.56 Å². The highest BCUT2D eigenvalue weighted by atomic mass is 16.5. The van der Waals surface area contributed by atoms with E-state index < -0.39 is 0 Å². The number of nitrogens with zero attached hydrogens (tertiary/aromatic N) is 4. The maximum atomic E-state index is 12.6. The van der Waals surface area contributed by atoms with E-state index in [0.717, 1.165) is 18.5 Å². The van der Waals surface area contributed by atoms with Gasteiger partial charge < -0.3 is 19.3 Å². The van der Waals surface area contributed by atoms with E-state index in [1.807, 2.05) is 17.9 Å². The number of aliphatic hydroxyl groups excluding tert-OH is 1. The molecule has 2 aromatic rings. The molecule has 0 saturated carbocycles. The minimum absolute atomic E-state index is 0.101. The zero-order valence-electron chi connectivity index (χ0n) is 14.0. The van der Waals surface area contributed by atoms with Crippen LogP contribution in [0.25, 0.3) is 11.3 Å². The fourth-order valence-electron chi connectivity index (χ4n) is 2.95. The number of hydrogen-bond acceptors (Lipinski definition) is 6. The van der Waals surface area contributed by atoms with Gasteiger partial charge in [0.05, 0.1) is 19.0 Å². The number of rotatable bonds is 5. The fraction of sp³-hybridized carbons (Fsp3) is 0.471. The first kappa shape index (κ1) is 16.4. The Morgan fingerprint density at radius 3 is 2.92 bits per heavy atom. The Kier molecular flexibility index (Phi) is 4.80. The molecule has 0 aliphatic carbocycles. The summed E-state index contributed by atoms with van der Waals surface area (Å²) in [5.41, 5.74) is 1.39. The molecular weight excluding hydrogens is 308 g/mol. The van der Waals surface area contributed by atoms with Crippen LogP contribution in [0.1, 0.15) is 13.3 Å². The number of ether oxygens (including phenoxy) is 1. The molecule has 1 saturated heterocycles. The molecule has 0 amide bonds. The van der Waals surface area contributed by atoms with Crippen molar-refractivity contribution in [1.82, 2.24) is 14.5 Å². The number of aliphatic hydroxyl groups is 1. The summed E-state index contributed by atoms with van der Waals surface area (Å²) in [7, 11) is 1.59. The fourth-order valence-corrected chi connectivity index (χ4v) is 2.95. The third-order valence-corrected chi connectivity index (χ3v) is 4.39. The predicted molar refractivity (Wildman–Crippen MR) is 91.4 cm³/mol. The van der Waals surface area contributed by atoms with E-state index in [2.05, 4.69) is 9.97 Å². The van der Waals surface area contributed by atoms with E-state index in [1.165, 1.54) is 0 Å². The van der Waals surface area contributed by atoms with Crippen LogP contribution in [0.15, 0.2) is 29.5 Å². The highest BCUT2D eigenvalue weighted by Crippen LogP contribution is 2.24. The molecule has 3 heterocycles. The lowest BCUT2D eigenvalue weighted by molar-refractivity contribution is 0.238. The third kappa shape index (κ3) is 3.12. The van der Waals surface area contributed by atoms with Gasteiger partial charge in [0.15, 0.2) is 5.82 Å². The maximum absolute atomic E-state index is 12.6. The molecule has 3 rings (SSSR count). The maximum Gasteiger partial charge on any atom is 0.293 e. The monoisotopic (exact) mass is 330 g/mol. The van der Waals surface area contributed by atoms with Crippen molar-refractivity contribution in [1.29, 1.82) is 0 Å². The van der Waals surface area contributed by atoms with Gasteiger partial charge in [-0.1, -0.05) is 0 Å². The Bertz CT molecular complexity index is 775. The molecule has 7 heteroatoms. The Morgan fingerprint density at radius 1 is 1.42 bits per heavy atom. The number of anilines is 1. The first-order chi connectivity index (χ1) is 11.7. The molecule has 128 valence electrons. The van der Waals surface area contributed by atoms with Crippen LogP contribution < -0.4 is 15.2 Å². The molecule has 1 N–H and O–H groups in total. The minimum Gasteiger partial charge on any atom is -0.495 e. The van der Waals surface area contributed by atoms with Crippen molar-refractivity contribution in [3.63, 3.8) is 0 Å². The minimum atomic E-state index is -0.101. The second-order valence-corrected chi connectivity index (χ2v) is 5.94. The third-order valence-electron chi connectivity index (χ3n) is 4.39. The topological polar surface area (TPSA) is 80.5 Å². The Morgan fingerprint density at radius 2 is 2.25 bits per heavy atom. The van der Waals surface area contributed by atoms with Gasteiger partial charge >= 0.3 is 0 Å². The van der Waals surface area contributed by atoms with Gasteiger partial charge in [-0.25, -0.2) is 4.98 Å². The van der Waals surface area contributed by atoms with Crippen molar-refractivity contribution in [2.24, 2.45) is 5.92 Å². The highest BCUT2D eigenvalue weighted by Gasteiger charge is 2.25. The summed E-state index contributed by atoms with van der Waals surface area (Å²) in [5, 5.41) is 9.34. The molecular formula is C17H22N4O3. The van der Waals surface area contributed by atoms with Crippen molar-refractivity contribution in [3.8, 4) is 17.0 Å². The van der Waals surface area contributed by atoms with E-state index in [9.17, 15) is 9.90 Å². The molecule has 24 heavy (non-hydrogen) atoms. The van der Waals surface area contributed by atoms with Gasteiger partial charge in [-0.3, -0.25) is 9.78 Å². The largest absolute Gasteiger partial charge is 0.495 e. The smallest absolute Gasteiger partial charge is 0.293 e. The average molecular weight is 330 g/mol. The van der Waals surface area contributed by atoms with Crippen LogP contribution in [0.5, 0.6) is 5.75 Å². The van der Waals surface area contributed by atoms with Crippen LogP contribution in [-0.2, 0) is 6.54 Å². The van der Waals surface area contributed by atoms with Gasteiger partial charge in [0.2, 0.25) is 0 Å². The first-order valence-electron chi connectivity index (χ1n) is 8.13. The molecule has 0 unspecified atom stereocenters. The quantitative estimate of drug-likeness (QED) is 0.886. The van der Waals surface area contributed by atoms with Gasteiger partial charge in [-0.2, -0.15) is 0 Å². The normalized spacial score (nSPS) is 17.3. The predicted octanol–water partition coefficient (Wildman–Crippen LogP) is 1.15. The van der Waals surface area contributed by atoms with Gasteiger partial charge in [0, 0.05) is 50.1 Å². The Labute approximate surface area is 140 Å². The number of methoxy groups -OCH3 is 1. The van der Waals surface area contributed by atoms with Crippen LogP contribution in [0.3, 0.4) is 0 Å². The number of hydrogen-bond donors (Lipinski definition) is 1. The Balaban J connectivity index is 2.05. The molecule has 1 aliphatic heterocycles. The molecule has 7 nitrogen and oxygen atoms in total. The molecule has 1 atom stereocenters. The van der Waals surface area contributed by atoms with Gasteiger partial charge in [-0.15, -0.1) is 0 Å². The summed E-state index contributed by atoms with van der Waals surface area (Å²) < 4.78 is 6.87. The van der Waals surface area contributed by atoms with Crippen molar-refractivity contribution in [3.05, 3.63) is 35.0 Å². The second kappa shape index (κ2) is 7.00. The zero-order valence-corrected chi connectivity index (χ0v) is 14.0. The van der Waals surface area contributed by atoms with Crippen molar-refractivity contribution >= 4 is 5.82 Å². The molecule has 1 fully saturated rings. The van der Waals surface area contributed by atoms with Crippen LogP contribution in [0, 0.1) is 5.92 Å². The van der Waals surface area contributed by atoms with Gasteiger partial charge in [0.1, 0.15) is 5.75 Å². The van der Waals surface area contributed by atoms with E-state index in [0.29, 0.717) is 30.4 Å². The van der Waals surface area contributed by atoms with Crippen LogP contribution >= 0.6 is 0 Å². The lowest BCUT2D eigenvalue weighted by Gasteiger charge is -2.19.